The van der Waals surface area contributed by atoms with Crippen LogP contribution in [0, 0.1) is 0 Å². The smallest absolute Gasteiger partial charge is 0.344 e. The second kappa shape index (κ2) is 10.7. The molecule has 0 spiro atoms. The molecule has 32 heavy (non-hydrogen) atoms. The first-order valence-electron chi connectivity index (χ1n) is 9.98. The van der Waals surface area contributed by atoms with Crippen LogP contribution in [0.2, 0.25) is 0 Å². The highest BCUT2D eigenvalue weighted by atomic mass is 32.2. The highest BCUT2D eigenvalue weighted by Crippen LogP contribution is 2.40. The predicted molar refractivity (Wildman–Crippen MR) is 124 cm³/mol. The zero-order valence-corrected chi connectivity index (χ0v) is 18.8. The minimum atomic E-state index is -0.746. The van der Waals surface area contributed by atoms with Gasteiger partial charge in [0.1, 0.15) is 16.4 Å². The van der Waals surface area contributed by atoms with Crippen molar-refractivity contribution < 1.29 is 28.9 Å². The largest absolute Gasteiger partial charge is 0.506 e. The van der Waals surface area contributed by atoms with Gasteiger partial charge in [0.2, 0.25) is 0 Å². The Morgan fingerprint density at radius 2 is 1.81 bits per heavy atom. The molecular weight excluding hydrogens is 430 g/mol. The second-order valence-electron chi connectivity index (χ2n) is 6.49. The summed E-state index contributed by atoms with van der Waals surface area (Å²) in [7, 11) is 1.54. The molecule has 0 saturated carbocycles. The van der Waals surface area contributed by atoms with Crippen molar-refractivity contribution in [1.82, 2.24) is 0 Å². The number of benzene rings is 2. The van der Waals surface area contributed by atoms with Crippen molar-refractivity contribution >= 4 is 34.8 Å². The van der Waals surface area contributed by atoms with Crippen LogP contribution in [0.4, 0.5) is 0 Å². The van der Waals surface area contributed by atoms with E-state index in [-0.39, 0.29) is 23.0 Å². The van der Waals surface area contributed by atoms with Gasteiger partial charge in [-0.25, -0.2) is 9.79 Å². The number of hydrogen-bond donors (Lipinski definition) is 1. The first-order chi connectivity index (χ1) is 15.5. The molecule has 0 bridgehead atoms. The maximum Gasteiger partial charge on any atom is 0.344 e. The lowest BCUT2D eigenvalue weighted by Crippen LogP contribution is -2.14. The molecule has 3 rings (SSSR count). The zero-order chi connectivity index (χ0) is 23.1. The van der Waals surface area contributed by atoms with Gasteiger partial charge in [-0.3, -0.25) is 4.79 Å². The van der Waals surface area contributed by atoms with Gasteiger partial charge in [0.15, 0.2) is 11.5 Å². The standard InChI is InChI=1S/C24H23NO6S/c1-4-30-17-12-11-15(13-18(17)29-3)14-19-21(26)20(24(28)31-5-2)23(32-19)25-22(27)16-9-7-6-8-10-16/h6-14,26H,4-5H2,1-3H3/b19-14-,25-23?. The van der Waals surface area contributed by atoms with Gasteiger partial charge in [0.25, 0.3) is 5.91 Å². The molecule has 0 fully saturated rings. The van der Waals surface area contributed by atoms with E-state index in [9.17, 15) is 14.7 Å². The highest BCUT2D eigenvalue weighted by Gasteiger charge is 2.34. The van der Waals surface area contributed by atoms with E-state index in [0.717, 1.165) is 11.8 Å². The Balaban J connectivity index is 2.00. The Morgan fingerprint density at radius 1 is 1.06 bits per heavy atom. The number of aliphatic hydroxyl groups is 1. The Hall–Kier alpha value is -3.52. The topological polar surface area (TPSA) is 94.4 Å². The van der Waals surface area contributed by atoms with Crippen LogP contribution >= 0.6 is 11.8 Å². The number of carbonyl (C=O) groups is 2. The first-order valence-corrected chi connectivity index (χ1v) is 10.8. The van der Waals surface area contributed by atoms with E-state index >= 15 is 0 Å². The van der Waals surface area contributed by atoms with E-state index in [1.54, 1.807) is 61.5 Å². The Labute approximate surface area is 190 Å². The summed E-state index contributed by atoms with van der Waals surface area (Å²) in [5.74, 6) is -0.428. The van der Waals surface area contributed by atoms with Gasteiger partial charge in [-0.15, -0.1) is 0 Å². The van der Waals surface area contributed by atoms with Crippen LogP contribution in [0.1, 0.15) is 29.8 Å². The van der Waals surface area contributed by atoms with Gasteiger partial charge in [-0.1, -0.05) is 36.0 Å². The number of aliphatic imine (C=N–C) groups is 1. The molecule has 166 valence electrons. The van der Waals surface area contributed by atoms with Crippen molar-refractivity contribution in [1.29, 1.82) is 0 Å². The molecule has 0 radical (unpaired) electrons. The van der Waals surface area contributed by atoms with Crippen molar-refractivity contribution in [2.45, 2.75) is 13.8 Å². The predicted octanol–water partition coefficient (Wildman–Crippen LogP) is 4.80. The molecule has 7 nitrogen and oxygen atoms in total. The number of esters is 1. The summed E-state index contributed by atoms with van der Waals surface area (Å²) in [6.07, 6.45) is 1.67. The number of carbonyl (C=O) groups excluding carboxylic acids is 2. The summed E-state index contributed by atoms with van der Waals surface area (Å²) < 4.78 is 16.0. The van der Waals surface area contributed by atoms with Gasteiger partial charge in [-0.05, 0) is 49.8 Å². The molecule has 1 aliphatic rings. The lowest BCUT2D eigenvalue weighted by atomic mass is 10.1. The van der Waals surface area contributed by atoms with E-state index in [1.807, 2.05) is 6.92 Å². The van der Waals surface area contributed by atoms with Crippen LogP contribution in [-0.2, 0) is 9.53 Å². The Bertz CT molecular complexity index is 1100. The van der Waals surface area contributed by atoms with Crippen molar-refractivity contribution in [2.24, 2.45) is 4.99 Å². The van der Waals surface area contributed by atoms with Gasteiger partial charge in [0.05, 0.1) is 25.2 Å². The lowest BCUT2D eigenvalue weighted by Gasteiger charge is -2.09. The molecule has 0 unspecified atom stereocenters. The van der Waals surface area contributed by atoms with E-state index in [0.29, 0.717) is 34.1 Å². The van der Waals surface area contributed by atoms with Crippen molar-refractivity contribution in [2.75, 3.05) is 20.3 Å². The molecule has 0 atom stereocenters. The normalized spacial score (nSPS) is 15.8. The highest BCUT2D eigenvalue weighted by molar-refractivity contribution is 8.18. The van der Waals surface area contributed by atoms with Crippen molar-refractivity contribution in [3.05, 3.63) is 75.9 Å². The molecule has 1 aliphatic heterocycles. The number of hydrogen-bond acceptors (Lipinski definition) is 7. The van der Waals surface area contributed by atoms with Gasteiger partial charge < -0.3 is 19.3 Å². The minimum absolute atomic E-state index is 0.0824. The monoisotopic (exact) mass is 453 g/mol. The summed E-state index contributed by atoms with van der Waals surface area (Å²) in [5.41, 5.74) is 0.945. The molecule has 2 aromatic carbocycles. The van der Waals surface area contributed by atoms with Crippen LogP contribution in [0.3, 0.4) is 0 Å². The number of amides is 1. The van der Waals surface area contributed by atoms with Gasteiger partial charge >= 0.3 is 5.97 Å². The van der Waals surface area contributed by atoms with E-state index in [1.165, 1.54) is 7.11 Å². The quantitative estimate of drug-likeness (QED) is 0.602. The number of methoxy groups -OCH3 is 1. The summed E-state index contributed by atoms with van der Waals surface area (Å²) in [6.45, 7) is 4.15. The fourth-order valence-corrected chi connectivity index (χ4v) is 3.94. The Kier molecular flexibility index (Phi) is 7.72. The zero-order valence-electron chi connectivity index (χ0n) is 18.0. The van der Waals surface area contributed by atoms with Gasteiger partial charge in [0, 0.05) is 5.56 Å². The second-order valence-corrected chi connectivity index (χ2v) is 7.52. The summed E-state index contributed by atoms with van der Waals surface area (Å²) in [5, 5.41) is 10.9. The van der Waals surface area contributed by atoms with Crippen molar-refractivity contribution in [3.63, 3.8) is 0 Å². The average Bonchev–Trinajstić information content (AvgIpc) is 3.10. The van der Waals surface area contributed by atoms with E-state index in [4.69, 9.17) is 14.2 Å². The van der Waals surface area contributed by atoms with Crippen LogP contribution in [0.5, 0.6) is 11.5 Å². The fraction of sp³-hybridized carbons (Fsp3) is 0.208. The number of thioether (sulfide) groups is 1. The molecule has 2 aromatic rings. The molecule has 0 aliphatic carbocycles. The summed E-state index contributed by atoms with van der Waals surface area (Å²) in [4.78, 5) is 29.5. The van der Waals surface area contributed by atoms with E-state index < -0.39 is 11.9 Å². The average molecular weight is 454 g/mol. The number of nitrogens with zero attached hydrogens (tertiary/aromatic N) is 1. The molecular formula is C24H23NO6S. The SMILES string of the molecule is CCOC(=O)C1=C(O)/C(=C/c2ccc(OCC)c(OC)c2)SC1=NC(=O)c1ccccc1. The molecule has 0 aromatic heterocycles. The third-order valence-electron chi connectivity index (χ3n) is 4.38. The number of aliphatic hydroxyl groups excluding tert-OH is 1. The van der Waals surface area contributed by atoms with Gasteiger partial charge in [-0.2, -0.15) is 0 Å². The first kappa shape index (κ1) is 23.1. The number of rotatable bonds is 7. The lowest BCUT2D eigenvalue weighted by molar-refractivity contribution is -0.138. The van der Waals surface area contributed by atoms with Crippen LogP contribution in [0.15, 0.2) is 69.8 Å². The van der Waals surface area contributed by atoms with Crippen LogP contribution < -0.4 is 9.47 Å². The van der Waals surface area contributed by atoms with Crippen LogP contribution in [-0.4, -0.2) is 42.4 Å². The minimum Gasteiger partial charge on any atom is -0.506 e. The maximum atomic E-state index is 12.6. The Morgan fingerprint density at radius 3 is 2.47 bits per heavy atom. The molecule has 1 N–H and O–H groups in total. The number of ether oxygens (including phenoxy) is 3. The van der Waals surface area contributed by atoms with Crippen molar-refractivity contribution in [3.8, 4) is 11.5 Å². The third kappa shape index (κ3) is 5.20. The fourth-order valence-electron chi connectivity index (χ4n) is 2.93. The molecule has 1 amide bonds. The maximum absolute atomic E-state index is 12.6. The van der Waals surface area contributed by atoms with Crippen LogP contribution in [0.25, 0.3) is 6.08 Å². The van der Waals surface area contributed by atoms with E-state index in [2.05, 4.69) is 4.99 Å². The molecule has 0 saturated heterocycles. The third-order valence-corrected chi connectivity index (χ3v) is 5.40. The summed E-state index contributed by atoms with van der Waals surface area (Å²) in [6, 6.07) is 13.8. The molecule has 8 heteroatoms. The summed E-state index contributed by atoms with van der Waals surface area (Å²) >= 11 is 1.02. The molecule has 1 heterocycles.